The lowest BCUT2D eigenvalue weighted by Gasteiger charge is -2.23. The fourth-order valence-corrected chi connectivity index (χ4v) is 1.97. The van der Waals surface area contributed by atoms with Gasteiger partial charge in [0.2, 0.25) is 0 Å². The highest BCUT2D eigenvalue weighted by atomic mass is 15.1. The van der Waals surface area contributed by atoms with E-state index < -0.39 is 0 Å². The summed E-state index contributed by atoms with van der Waals surface area (Å²) in [5, 5.41) is 0. The number of nitrogens with zero attached hydrogens (tertiary/aromatic N) is 2. The number of hydrogen-bond donors (Lipinski definition) is 1. The second-order valence-corrected chi connectivity index (χ2v) is 4.05. The maximum Gasteiger partial charge on any atom is 0.0484 e. The number of benzene rings is 1. The third-order valence-corrected chi connectivity index (χ3v) is 2.94. The monoisotopic (exact) mass is 227 g/mol. The van der Waals surface area contributed by atoms with Crippen LogP contribution in [0.4, 0.5) is 11.4 Å². The van der Waals surface area contributed by atoms with E-state index in [2.05, 4.69) is 36.0 Å². The minimum absolute atomic E-state index is 0.499. The Labute approximate surface area is 102 Å². The predicted octanol–water partition coefficient (Wildman–Crippen LogP) is 2.62. The molecule has 0 aliphatic heterocycles. The Balaban J connectivity index is 2.44. The molecule has 0 fully saturated rings. The number of aryl methyl sites for hydroxylation is 1. The highest BCUT2D eigenvalue weighted by Gasteiger charge is 2.09. The van der Waals surface area contributed by atoms with Gasteiger partial charge in [-0.15, -0.1) is 0 Å². The summed E-state index contributed by atoms with van der Waals surface area (Å²) in [5.41, 5.74) is 10.3. The Morgan fingerprint density at radius 3 is 2.65 bits per heavy atom. The van der Waals surface area contributed by atoms with Gasteiger partial charge in [-0.2, -0.15) is 0 Å². The van der Waals surface area contributed by atoms with Crippen LogP contribution in [0.15, 0.2) is 42.7 Å². The van der Waals surface area contributed by atoms with Crippen molar-refractivity contribution in [3.63, 3.8) is 0 Å². The van der Waals surface area contributed by atoms with Gasteiger partial charge in [-0.1, -0.05) is 18.2 Å². The molecular formula is C14H17N3. The number of aromatic nitrogens is 1. The molecule has 2 rings (SSSR count). The number of hydrogen-bond acceptors (Lipinski definition) is 3. The van der Waals surface area contributed by atoms with Crippen molar-refractivity contribution in [2.75, 3.05) is 11.9 Å². The van der Waals surface area contributed by atoms with Crippen molar-refractivity contribution in [1.82, 2.24) is 4.98 Å². The first kappa shape index (κ1) is 11.6. The SMILES string of the molecule is Cc1ccccc1N(C)c1ccncc1CN. The molecule has 3 heteroatoms. The molecule has 0 unspecified atom stereocenters. The molecule has 0 aliphatic carbocycles. The zero-order valence-electron chi connectivity index (χ0n) is 10.2. The van der Waals surface area contributed by atoms with Gasteiger partial charge in [-0.05, 0) is 24.6 Å². The second-order valence-electron chi connectivity index (χ2n) is 4.05. The van der Waals surface area contributed by atoms with E-state index in [9.17, 15) is 0 Å². The predicted molar refractivity (Wildman–Crippen MR) is 71.4 cm³/mol. The van der Waals surface area contributed by atoms with E-state index in [-0.39, 0.29) is 0 Å². The van der Waals surface area contributed by atoms with E-state index >= 15 is 0 Å². The second kappa shape index (κ2) is 4.97. The molecule has 0 spiro atoms. The Morgan fingerprint density at radius 1 is 1.18 bits per heavy atom. The van der Waals surface area contributed by atoms with Crippen molar-refractivity contribution < 1.29 is 0 Å². The van der Waals surface area contributed by atoms with Crippen molar-refractivity contribution in [1.29, 1.82) is 0 Å². The molecule has 0 bridgehead atoms. The highest BCUT2D eigenvalue weighted by molar-refractivity contribution is 5.67. The maximum absolute atomic E-state index is 5.74. The number of pyridine rings is 1. The van der Waals surface area contributed by atoms with Crippen molar-refractivity contribution >= 4 is 11.4 Å². The van der Waals surface area contributed by atoms with Gasteiger partial charge >= 0.3 is 0 Å². The fraction of sp³-hybridized carbons (Fsp3) is 0.214. The van der Waals surface area contributed by atoms with Gasteiger partial charge in [0.05, 0.1) is 0 Å². The summed E-state index contributed by atoms with van der Waals surface area (Å²) >= 11 is 0. The standard InChI is InChI=1S/C14H17N3/c1-11-5-3-4-6-13(11)17(2)14-7-8-16-10-12(14)9-15/h3-8,10H,9,15H2,1-2H3. The first-order valence-electron chi connectivity index (χ1n) is 5.66. The number of nitrogens with two attached hydrogens (primary N) is 1. The van der Waals surface area contributed by atoms with Gasteiger partial charge in [0.25, 0.3) is 0 Å². The minimum Gasteiger partial charge on any atom is -0.344 e. The molecule has 0 saturated heterocycles. The van der Waals surface area contributed by atoms with Crippen LogP contribution in [0.3, 0.4) is 0 Å². The first-order valence-corrected chi connectivity index (χ1v) is 5.66. The van der Waals surface area contributed by atoms with Crippen molar-refractivity contribution in [3.05, 3.63) is 53.9 Å². The van der Waals surface area contributed by atoms with Gasteiger partial charge in [0, 0.05) is 42.9 Å². The van der Waals surface area contributed by atoms with Crippen LogP contribution in [0, 0.1) is 6.92 Å². The van der Waals surface area contributed by atoms with Crippen molar-refractivity contribution in [2.24, 2.45) is 5.73 Å². The zero-order chi connectivity index (χ0) is 12.3. The average molecular weight is 227 g/mol. The maximum atomic E-state index is 5.74. The summed E-state index contributed by atoms with van der Waals surface area (Å²) in [6, 6.07) is 10.3. The van der Waals surface area contributed by atoms with E-state index in [4.69, 9.17) is 5.73 Å². The molecule has 2 N–H and O–H groups in total. The van der Waals surface area contributed by atoms with E-state index in [1.807, 2.05) is 24.4 Å². The Morgan fingerprint density at radius 2 is 1.94 bits per heavy atom. The molecule has 0 atom stereocenters. The topological polar surface area (TPSA) is 42.2 Å². The molecule has 2 aromatic rings. The summed E-state index contributed by atoms with van der Waals surface area (Å²) in [6.45, 7) is 2.61. The van der Waals surface area contributed by atoms with Gasteiger partial charge in [0.1, 0.15) is 0 Å². The summed E-state index contributed by atoms with van der Waals surface area (Å²) < 4.78 is 0. The number of rotatable bonds is 3. The van der Waals surface area contributed by atoms with Crippen LogP contribution in [0.25, 0.3) is 0 Å². The third-order valence-electron chi connectivity index (χ3n) is 2.94. The van der Waals surface area contributed by atoms with Crippen LogP contribution in [-0.2, 0) is 6.54 Å². The van der Waals surface area contributed by atoms with E-state index in [0.29, 0.717) is 6.54 Å². The number of anilines is 2. The summed E-state index contributed by atoms with van der Waals surface area (Å²) in [6.07, 6.45) is 3.62. The van der Waals surface area contributed by atoms with Crippen molar-refractivity contribution in [3.8, 4) is 0 Å². The Kier molecular flexibility index (Phi) is 3.40. The van der Waals surface area contributed by atoms with E-state index in [0.717, 1.165) is 11.3 Å². The van der Waals surface area contributed by atoms with Crippen LogP contribution < -0.4 is 10.6 Å². The normalized spacial score (nSPS) is 10.3. The smallest absolute Gasteiger partial charge is 0.0484 e. The minimum atomic E-state index is 0.499. The van der Waals surface area contributed by atoms with E-state index in [1.165, 1.54) is 11.3 Å². The molecule has 1 heterocycles. The van der Waals surface area contributed by atoms with Crippen LogP contribution in [0.2, 0.25) is 0 Å². The quantitative estimate of drug-likeness (QED) is 0.876. The molecular weight excluding hydrogens is 210 g/mol. The van der Waals surface area contributed by atoms with E-state index in [1.54, 1.807) is 6.20 Å². The molecule has 17 heavy (non-hydrogen) atoms. The molecule has 0 radical (unpaired) electrons. The molecule has 88 valence electrons. The largest absolute Gasteiger partial charge is 0.344 e. The van der Waals surface area contributed by atoms with Crippen LogP contribution in [0.1, 0.15) is 11.1 Å². The highest BCUT2D eigenvalue weighted by Crippen LogP contribution is 2.28. The molecule has 0 aliphatic rings. The lowest BCUT2D eigenvalue weighted by Crippen LogP contribution is -2.14. The third kappa shape index (κ3) is 2.29. The molecule has 1 aromatic heterocycles. The van der Waals surface area contributed by atoms with Crippen LogP contribution in [0.5, 0.6) is 0 Å². The van der Waals surface area contributed by atoms with Crippen LogP contribution in [-0.4, -0.2) is 12.0 Å². The molecule has 3 nitrogen and oxygen atoms in total. The van der Waals surface area contributed by atoms with Gasteiger partial charge in [-0.3, -0.25) is 4.98 Å². The van der Waals surface area contributed by atoms with Crippen molar-refractivity contribution in [2.45, 2.75) is 13.5 Å². The number of para-hydroxylation sites is 1. The summed E-state index contributed by atoms with van der Waals surface area (Å²) in [5.74, 6) is 0. The molecule has 1 aromatic carbocycles. The summed E-state index contributed by atoms with van der Waals surface area (Å²) in [4.78, 5) is 6.26. The van der Waals surface area contributed by atoms with Gasteiger partial charge in [0.15, 0.2) is 0 Å². The molecule has 0 saturated carbocycles. The first-order chi connectivity index (χ1) is 8.24. The fourth-order valence-electron chi connectivity index (χ4n) is 1.97. The zero-order valence-corrected chi connectivity index (χ0v) is 10.2. The Bertz CT molecular complexity index is 508. The Hall–Kier alpha value is -1.87. The molecule has 0 amide bonds. The van der Waals surface area contributed by atoms with Crippen LogP contribution >= 0.6 is 0 Å². The van der Waals surface area contributed by atoms with Gasteiger partial charge in [-0.25, -0.2) is 0 Å². The lowest BCUT2D eigenvalue weighted by molar-refractivity contribution is 1.02. The lowest BCUT2D eigenvalue weighted by atomic mass is 10.1. The van der Waals surface area contributed by atoms with Gasteiger partial charge < -0.3 is 10.6 Å². The summed E-state index contributed by atoms with van der Waals surface area (Å²) in [7, 11) is 2.05. The average Bonchev–Trinajstić information content (AvgIpc) is 2.38.